The molecule has 0 aromatic heterocycles. The third-order valence-electron chi connectivity index (χ3n) is 3.08. The number of rotatable bonds is 0. The topological polar surface area (TPSA) is 27.7 Å². The molecule has 4 heteroatoms. The summed E-state index contributed by atoms with van der Waals surface area (Å²) in [6.07, 6.45) is 0.793. The normalized spacial score (nSPS) is 24.8. The fourth-order valence-electron chi connectivity index (χ4n) is 2.32. The molecule has 0 spiro atoms. The number of hydrogen-bond donors (Lipinski definition) is 0. The van der Waals surface area contributed by atoms with Gasteiger partial charge in [-0.15, -0.1) is 11.6 Å². The zero-order chi connectivity index (χ0) is 12.0. The number of benzene rings is 1. The molecule has 0 N–H and O–H groups in total. The quantitative estimate of drug-likeness (QED) is 0.665. The second-order valence-corrected chi connectivity index (χ2v) is 5.57. The summed E-state index contributed by atoms with van der Waals surface area (Å²) in [6, 6.07) is 3.88. The molecule has 2 aliphatic heterocycles. The predicted molar refractivity (Wildman–Crippen MR) is 65.4 cm³/mol. The molecule has 2 heterocycles. The standard InChI is InChI=1S/C13H15ClO3/c1-13(2)7-9(14)8-3-4-10-12(11(8)17-13)16-6-5-15-10/h3-4,9H,5-7H2,1-2H3. The molecule has 1 atom stereocenters. The zero-order valence-corrected chi connectivity index (χ0v) is 10.7. The van der Waals surface area contributed by atoms with Gasteiger partial charge in [0.1, 0.15) is 18.8 Å². The minimum Gasteiger partial charge on any atom is -0.486 e. The smallest absolute Gasteiger partial charge is 0.204 e. The largest absolute Gasteiger partial charge is 0.486 e. The second kappa shape index (κ2) is 3.70. The van der Waals surface area contributed by atoms with E-state index in [1.165, 1.54) is 0 Å². The molecule has 92 valence electrons. The lowest BCUT2D eigenvalue weighted by molar-refractivity contribution is 0.0710. The number of alkyl halides is 1. The van der Waals surface area contributed by atoms with E-state index in [0.717, 1.165) is 23.5 Å². The van der Waals surface area contributed by atoms with Gasteiger partial charge in [-0.25, -0.2) is 0 Å². The molecule has 1 aromatic carbocycles. The van der Waals surface area contributed by atoms with Gasteiger partial charge in [0.05, 0.1) is 5.38 Å². The first-order chi connectivity index (χ1) is 8.07. The van der Waals surface area contributed by atoms with Crippen LogP contribution in [-0.4, -0.2) is 18.8 Å². The Labute approximate surface area is 106 Å². The van der Waals surface area contributed by atoms with Crippen molar-refractivity contribution in [3.63, 3.8) is 0 Å². The van der Waals surface area contributed by atoms with Gasteiger partial charge >= 0.3 is 0 Å². The van der Waals surface area contributed by atoms with E-state index in [1.54, 1.807) is 0 Å². The van der Waals surface area contributed by atoms with E-state index in [1.807, 2.05) is 26.0 Å². The summed E-state index contributed by atoms with van der Waals surface area (Å²) in [4.78, 5) is 0. The molecule has 0 fully saturated rings. The van der Waals surface area contributed by atoms with Crippen molar-refractivity contribution < 1.29 is 14.2 Å². The van der Waals surface area contributed by atoms with Crippen molar-refractivity contribution >= 4 is 11.6 Å². The van der Waals surface area contributed by atoms with Crippen LogP contribution in [0, 0.1) is 0 Å². The lowest BCUT2D eigenvalue weighted by Gasteiger charge is -2.37. The van der Waals surface area contributed by atoms with E-state index in [4.69, 9.17) is 25.8 Å². The average Bonchev–Trinajstić information content (AvgIpc) is 2.27. The van der Waals surface area contributed by atoms with Crippen LogP contribution in [0.5, 0.6) is 17.2 Å². The number of hydrogen-bond acceptors (Lipinski definition) is 3. The molecule has 0 saturated heterocycles. The van der Waals surface area contributed by atoms with Crippen LogP contribution in [0.2, 0.25) is 0 Å². The lowest BCUT2D eigenvalue weighted by Crippen LogP contribution is -2.34. The fourth-order valence-corrected chi connectivity index (χ4v) is 2.86. The summed E-state index contributed by atoms with van der Waals surface area (Å²) in [5.74, 6) is 2.20. The van der Waals surface area contributed by atoms with Gasteiger partial charge in [0.15, 0.2) is 11.5 Å². The van der Waals surface area contributed by atoms with E-state index in [0.29, 0.717) is 19.0 Å². The second-order valence-electron chi connectivity index (χ2n) is 5.04. The van der Waals surface area contributed by atoms with Crippen LogP contribution in [0.15, 0.2) is 12.1 Å². The maximum absolute atomic E-state index is 6.40. The Morgan fingerprint density at radius 1 is 1.18 bits per heavy atom. The van der Waals surface area contributed by atoms with E-state index < -0.39 is 0 Å². The fraction of sp³-hybridized carbons (Fsp3) is 0.538. The predicted octanol–water partition coefficient (Wildman–Crippen LogP) is 3.30. The summed E-state index contributed by atoms with van der Waals surface area (Å²) >= 11 is 6.40. The van der Waals surface area contributed by atoms with Gasteiger partial charge in [-0.2, -0.15) is 0 Å². The highest BCUT2D eigenvalue weighted by Crippen LogP contribution is 2.51. The Morgan fingerprint density at radius 3 is 2.76 bits per heavy atom. The minimum absolute atomic E-state index is 0.0374. The van der Waals surface area contributed by atoms with Crippen molar-refractivity contribution in [1.82, 2.24) is 0 Å². The molecule has 1 unspecified atom stereocenters. The molecular formula is C13H15ClO3. The van der Waals surface area contributed by atoms with E-state index in [-0.39, 0.29) is 11.0 Å². The van der Waals surface area contributed by atoms with Crippen LogP contribution in [0.25, 0.3) is 0 Å². The van der Waals surface area contributed by atoms with Crippen molar-refractivity contribution in [1.29, 1.82) is 0 Å². The van der Waals surface area contributed by atoms with Crippen molar-refractivity contribution in [2.45, 2.75) is 31.2 Å². The van der Waals surface area contributed by atoms with Gasteiger partial charge < -0.3 is 14.2 Å². The molecule has 3 nitrogen and oxygen atoms in total. The maximum Gasteiger partial charge on any atom is 0.204 e. The first-order valence-corrected chi connectivity index (χ1v) is 6.26. The van der Waals surface area contributed by atoms with Gasteiger partial charge in [0.25, 0.3) is 0 Å². The first-order valence-electron chi connectivity index (χ1n) is 5.82. The number of halogens is 1. The van der Waals surface area contributed by atoms with Crippen LogP contribution >= 0.6 is 11.6 Å². The van der Waals surface area contributed by atoms with Gasteiger partial charge in [0.2, 0.25) is 5.75 Å². The summed E-state index contributed by atoms with van der Waals surface area (Å²) in [5.41, 5.74) is 0.727. The molecular weight excluding hydrogens is 240 g/mol. The molecule has 2 aliphatic rings. The number of ether oxygens (including phenoxy) is 3. The summed E-state index contributed by atoms with van der Waals surface area (Å²) < 4.78 is 17.2. The highest BCUT2D eigenvalue weighted by Gasteiger charge is 2.36. The van der Waals surface area contributed by atoms with Crippen LogP contribution in [0.1, 0.15) is 31.2 Å². The molecule has 0 aliphatic carbocycles. The minimum atomic E-state index is -0.269. The molecule has 1 aromatic rings. The summed E-state index contributed by atoms with van der Waals surface area (Å²) in [5, 5.41) is -0.0374. The third kappa shape index (κ3) is 1.82. The maximum atomic E-state index is 6.40. The van der Waals surface area contributed by atoms with E-state index in [9.17, 15) is 0 Å². The van der Waals surface area contributed by atoms with E-state index in [2.05, 4.69) is 0 Å². The Morgan fingerprint density at radius 2 is 1.94 bits per heavy atom. The van der Waals surface area contributed by atoms with Crippen molar-refractivity contribution in [2.24, 2.45) is 0 Å². The van der Waals surface area contributed by atoms with Crippen LogP contribution < -0.4 is 14.2 Å². The molecule has 0 amide bonds. The van der Waals surface area contributed by atoms with Gasteiger partial charge in [-0.05, 0) is 26.0 Å². The monoisotopic (exact) mass is 254 g/mol. The molecule has 0 bridgehead atoms. The van der Waals surface area contributed by atoms with Gasteiger partial charge in [-0.3, -0.25) is 0 Å². The summed E-state index contributed by atoms with van der Waals surface area (Å²) in [6.45, 7) is 5.21. The highest BCUT2D eigenvalue weighted by molar-refractivity contribution is 6.21. The molecule has 0 radical (unpaired) electrons. The Balaban J connectivity index is 2.13. The van der Waals surface area contributed by atoms with Gasteiger partial charge in [-0.1, -0.05) is 0 Å². The van der Waals surface area contributed by atoms with E-state index >= 15 is 0 Å². The number of fused-ring (bicyclic) bond motifs is 3. The zero-order valence-electron chi connectivity index (χ0n) is 9.96. The third-order valence-corrected chi connectivity index (χ3v) is 3.47. The Kier molecular flexibility index (Phi) is 2.40. The van der Waals surface area contributed by atoms with Crippen molar-refractivity contribution in [3.05, 3.63) is 17.7 Å². The van der Waals surface area contributed by atoms with Crippen LogP contribution in [-0.2, 0) is 0 Å². The van der Waals surface area contributed by atoms with Gasteiger partial charge in [0, 0.05) is 12.0 Å². The lowest BCUT2D eigenvalue weighted by atomic mass is 9.93. The summed E-state index contributed by atoms with van der Waals surface area (Å²) in [7, 11) is 0. The highest BCUT2D eigenvalue weighted by atomic mass is 35.5. The van der Waals surface area contributed by atoms with Crippen molar-refractivity contribution in [2.75, 3.05) is 13.2 Å². The first kappa shape index (κ1) is 11.0. The van der Waals surface area contributed by atoms with Crippen molar-refractivity contribution in [3.8, 4) is 17.2 Å². The van der Waals surface area contributed by atoms with Crippen LogP contribution in [0.4, 0.5) is 0 Å². The molecule has 0 saturated carbocycles. The Bertz CT molecular complexity index is 456. The molecule has 17 heavy (non-hydrogen) atoms. The Hall–Kier alpha value is -1.09. The average molecular weight is 255 g/mol. The SMILES string of the molecule is CC1(C)CC(Cl)c2ccc3c(c2O1)OCCO3. The molecule has 3 rings (SSSR count). The van der Waals surface area contributed by atoms with Crippen LogP contribution in [0.3, 0.4) is 0 Å².